The molecule has 168 valence electrons. The van der Waals surface area contributed by atoms with Crippen LogP contribution in [0, 0.1) is 0 Å². The predicted molar refractivity (Wildman–Crippen MR) is 125 cm³/mol. The second kappa shape index (κ2) is 11.6. The number of benzene rings is 3. The standard InChI is InChI=1S/C26H28O5S/c1-2-19-30-26(27)25(18-9-13-21-11-5-3-6-12-21)31-32(28,29)24-17-10-16-23(20-24)22-14-7-4-8-15-22/h3-8,10-12,14-17,20,25H,2,9,13,18-19H2,1H3/t25-/m1/s1. The van der Waals surface area contributed by atoms with Crippen molar-refractivity contribution in [3.05, 3.63) is 90.5 Å². The minimum atomic E-state index is -4.16. The molecule has 0 bridgehead atoms. The van der Waals surface area contributed by atoms with E-state index in [-0.39, 0.29) is 17.9 Å². The Morgan fingerprint density at radius 3 is 2.22 bits per heavy atom. The van der Waals surface area contributed by atoms with Crippen molar-refractivity contribution in [1.29, 1.82) is 0 Å². The molecule has 0 aromatic heterocycles. The highest BCUT2D eigenvalue weighted by atomic mass is 32.2. The van der Waals surface area contributed by atoms with Crippen molar-refractivity contribution in [3.8, 4) is 11.1 Å². The van der Waals surface area contributed by atoms with Gasteiger partial charge in [0.15, 0.2) is 6.10 Å². The molecule has 32 heavy (non-hydrogen) atoms. The first-order valence-corrected chi connectivity index (χ1v) is 12.2. The van der Waals surface area contributed by atoms with Crippen LogP contribution < -0.4 is 0 Å². The topological polar surface area (TPSA) is 69.7 Å². The van der Waals surface area contributed by atoms with Crippen LogP contribution in [0.1, 0.15) is 31.7 Å². The van der Waals surface area contributed by atoms with Crippen LogP contribution >= 0.6 is 0 Å². The maximum atomic E-state index is 13.0. The third kappa shape index (κ3) is 6.77. The summed E-state index contributed by atoms with van der Waals surface area (Å²) in [6.45, 7) is 2.10. The predicted octanol–water partition coefficient (Wildman–Crippen LogP) is 5.40. The number of rotatable bonds is 11. The van der Waals surface area contributed by atoms with Gasteiger partial charge in [0, 0.05) is 0 Å². The van der Waals surface area contributed by atoms with E-state index in [1.807, 2.05) is 73.7 Å². The van der Waals surface area contributed by atoms with Gasteiger partial charge in [0.05, 0.1) is 11.5 Å². The van der Waals surface area contributed by atoms with Gasteiger partial charge < -0.3 is 4.74 Å². The molecule has 0 aliphatic heterocycles. The number of carbonyl (C=O) groups excluding carboxylic acids is 1. The monoisotopic (exact) mass is 452 g/mol. The molecule has 0 fully saturated rings. The van der Waals surface area contributed by atoms with Crippen LogP contribution in [0.4, 0.5) is 0 Å². The van der Waals surface area contributed by atoms with Crippen LogP contribution in [0.2, 0.25) is 0 Å². The average Bonchev–Trinajstić information content (AvgIpc) is 2.83. The van der Waals surface area contributed by atoms with E-state index in [4.69, 9.17) is 8.92 Å². The van der Waals surface area contributed by atoms with Gasteiger partial charge in [-0.2, -0.15) is 8.42 Å². The molecular weight excluding hydrogens is 424 g/mol. The molecule has 0 saturated heterocycles. The Labute approximate surface area is 190 Å². The van der Waals surface area contributed by atoms with Crippen LogP contribution in [0.5, 0.6) is 0 Å². The lowest BCUT2D eigenvalue weighted by Gasteiger charge is -2.17. The van der Waals surface area contributed by atoms with Crippen molar-refractivity contribution < 1.29 is 22.1 Å². The van der Waals surface area contributed by atoms with E-state index in [0.717, 1.165) is 16.7 Å². The van der Waals surface area contributed by atoms with E-state index in [2.05, 4.69) is 0 Å². The average molecular weight is 453 g/mol. The zero-order valence-corrected chi connectivity index (χ0v) is 19.0. The van der Waals surface area contributed by atoms with Crippen molar-refractivity contribution >= 4 is 16.1 Å². The summed E-state index contributed by atoms with van der Waals surface area (Å²) in [5.74, 6) is -0.650. The van der Waals surface area contributed by atoms with Gasteiger partial charge in [0.1, 0.15) is 0 Å². The molecule has 0 aliphatic carbocycles. The Hall–Kier alpha value is -2.96. The zero-order valence-electron chi connectivity index (χ0n) is 18.1. The fourth-order valence-electron chi connectivity index (χ4n) is 3.31. The van der Waals surface area contributed by atoms with E-state index in [1.165, 1.54) is 6.07 Å². The molecule has 0 spiro atoms. The lowest BCUT2D eigenvalue weighted by atomic mass is 10.1. The molecule has 0 aliphatic rings. The number of aryl methyl sites for hydroxylation is 1. The Bertz CT molecular complexity index is 1100. The molecule has 0 heterocycles. The molecule has 5 nitrogen and oxygen atoms in total. The summed E-state index contributed by atoms with van der Waals surface area (Å²) < 4.78 is 36.6. The number of carbonyl (C=O) groups is 1. The molecular formula is C26H28O5S. The first-order valence-electron chi connectivity index (χ1n) is 10.8. The Morgan fingerprint density at radius 2 is 1.53 bits per heavy atom. The van der Waals surface area contributed by atoms with Crippen molar-refractivity contribution in [3.63, 3.8) is 0 Å². The highest BCUT2D eigenvalue weighted by Gasteiger charge is 2.28. The molecule has 3 rings (SSSR count). The number of hydrogen-bond acceptors (Lipinski definition) is 5. The van der Waals surface area contributed by atoms with Gasteiger partial charge in [-0.15, -0.1) is 0 Å². The van der Waals surface area contributed by atoms with Gasteiger partial charge in [-0.3, -0.25) is 4.18 Å². The molecule has 0 amide bonds. The summed E-state index contributed by atoms with van der Waals surface area (Å²) in [5.41, 5.74) is 2.77. The van der Waals surface area contributed by atoms with Gasteiger partial charge in [-0.25, -0.2) is 4.79 Å². The van der Waals surface area contributed by atoms with Crippen LogP contribution in [-0.4, -0.2) is 27.1 Å². The van der Waals surface area contributed by atoms with Crippen LogP contribution in [0.3, 0.4) is 0 Å². The van der Waals surface area contributed by atoms with Gasteiger partial charge in [-0.1, -0.05) is 79.7 Å². The second-order valence-electron chi connectivity index (χ2n) is 7.48. The fourth-order valence-corrected chi connectivity index (χ4v) is 4.42. The van der Waals surface area contributed by atoms with Crippen LogP contribution in [0.25, 0.3) is 11.1 Å². The van der Waals surface area contributed by atoms with Crippen LogP contribution in [0.15, 0.2) is 89.8 Å². The lowest BCUT2D eigenvalue weighted by molar-refractivity contribution is -0.152. The van der Waals surface area contributed by atoms with Gasteiger partial charge in [0.25, 0.3) is 10.1 Å². The number of hydrogen-bond donors (Lipinski definition) is 0. The maximum Gasteiger partial charge on any atom is 0.336 e. The van der Waals surface area contributed by atoms with Crippen LogP contribution in [-0.2, 0) is 30.3 Å². The Morgan fingerprint density at radius 1 is 0.875 bits per heavy atom. The van der Waals surface area contributed by atoms with Gasteiger partial charge >= 0.3 is 5.97 Å². The maximum absolute atomic E-state index is 13.0. The molecule has 0 saturated carbocycles. The minimum absolute atomic E-state index is 0.00945. The molecule has 6 heteroatoms. The van der Waals surface area contributed by atoms with E-state index in [0.29, 0.717) is 19.3 Å². The summed E-state index contributed by atoms with van der Waals surface area (Å²) in [6, 6.07) is 25.8. The molecule has 0 N–H and O–H groups in total. The van der Waals surface area contributed by atoms with E-state index < -0.39 is 22.2 Å². The molecule has 3 aromatic carbocycles. The zero-order chi connectivity index (χ0) is 22.8. The van der Waals surface area contributed by atoms with Crippen molar-refractivity contribution in [2.45, 2.75) is 43.6 Å². The highest BCUT2D eigenvalue weighted by Crippen LogP contribution is 2.25. The molecule has 3 aromatic rings. The molecule has 0 radical (unpaired) electrons. The van der Waals surface area contributed by atoms with Gasteiger partial charge in [0.2, 0.25) is 0 Å². The normalized spacial score (nSPS) is 12.3. The van der Waals surface area contributed by atoms with Gasteiger partial charge in [-0.05, 0) is 54.5 Å². The van der Waals surface area contributed by atoms with Crippen molar-refractivity contribution in [2.24, 2.45) is 0 Å². The Balaban J connectivity index is 1.75. The molecule has 0 unspecified atom stereocenters. The van der Waals surface area contributed by atoms with E-state index in [9.17, 15) is 13.2 Å². The largest absolute Gasteiger partial charge is 0.464 e. The smallest absolute Gasteiger partial charge is 0.336 e. The Kier molecular flexibility index (Phi) is 8.59. The van der Waals surface area contributed by atoms with E-state index in [1.54, 1.807) is 12.1 Å². The summed E-state index contributed by atoms with van der Waals surface area (Å²) in [7, 11) is -4.16. The summed E-state index contributed by atoms with van der Waals surface area (Å²) >= 11 is 0. The number of esters is 1. The summed E-state index contributed by atoms with van der Waals surface area (Å²) in [4.78, 5) is 12.5. The number of ether oxygens (including phenoxy) is 1. The quantitative estimate of drug-likeness (QED) is 0.288. The SMILES string of the molecule is CCCOC(=O)[C@@H](CCCc1ccccc1)OS(=O)(=O)c1cccc(-c2ccccc2)c1. The second-order valence-corrected chi connectivity index (χ2v) is 9.05. The minimum Gasteiger partial charge on any atom is -0.464 e. The molecule has 1 atom stereocenters. The fraction of sp³-hybridized carbons (Fsp3) is 0.269. The van der Waals surface area contributed by atoms with Crippen molar-refractivity contribution in [1.82, 2.24) is 0 Å². The third-order valence-corrected chi connectivity index (χ3v) is 6.28. The summed E-state index contributed by atoms with van der Waals surface area (Å²) in [5, 5.41) is 0. The first-order chi connectivity index (χ1) is 15.5. The third-order valence-electron chi connectivity index (χ3n) is 4.96. The lowest BCUT2D eigenvalue weighted by Crippen LogP contribution is -2.30. The summed E-state index contributed by atoms with van der Waals surface area (Å²) in [6.07, 6.45) is 1.01. The van der Waals surface area contributed by atoms with E-state index >= 15 is 0 Å². The van der Waals surface area contributed by atoms with Crippen molar-refractivity contribution in [2.75, 3.05) is 6.61 Å². The highest BCUT2D eigenvalue weighted by molar-refractivity contribution is 7.86. The first kappa shape index (κ1) is 23.7.